The van der Waals surface area contributed by atoms with Crippen molar-refractivity contribution in [3.8, 4) is 11.6 Å². The number of rotatable bonds is 2. The molecule has 1 atom stereocenters. The molecule has 0 aliphatic carbocycles. The molecule has 2 N–H and O–H groups in total. The summed E-state index contributed by atoms with van der Waals surface area (Å²) in [6.07, 6.45) is -0.209. The number of aromatic nitrogens is 4. The molecule has 0 spiro atoms. The molecule has 3 rings (SSSR count). The molecule has 0 radical (unpaired) electrons. The molecule has 8 heteroatoms. The Hall–Kier alpha value is -2.06. The van der Waals surface area contributed by atoms with E-state index in [9.17, 15) is 4.79 Å². The maximum atomic E-state index is 10.9. The topological polar surface area (TPSA) is 106 Å². The van der Waals surface area contributed by atoms with Crippen molar-refractivity contribution in [3.63, 3.8) is 0 Å². The third-order valence-electron chi connectivity index (χ3n) is 2.56. The first-order valence-corrected chi connectivity index (χ1v) is 5.55. The van der Waals surface area contributed by atoms with Crippen LogP contribution in [0.15, 0.2) is 21.5 Å². The number of aromatic amines is 1. The third kappa shape index (κ3) is 2.15. The maximum Gasteiger partial charge on any atom is 0.278 e. The molecule has 0 aromatic carbocycles. The molecule has 0 bridgehead atoms. The van der Waals surface area contributed by atoms with Crippen molar-refractivity contribution in [1.82, 2.24) is 25.7 Å². The van der Waals surface area contributed by atoms with E-state index in [0.29, 0.717) is 24.7 Å². The Labute approximate surface area is 101 Å². The minimum absolute atomic E-state index is 0.209. The SMILES string of the molecule is O=c1ccc(-c2nc(C3CNCCO3)no2)n[nH]1. The quantitative estimate of drug-likeness (QED) is 0.737. The van der Waals surface area contributed by atoms with E-state index in [1.165, 1.54) is 12.1 Å². The highest BCUT2D eigenvalue weighted by Gasteiger charge is 2.22. The zero-order chi connectivity index (χ0) is 12.4. The van der Waals surface area contributed by atoms with Crippen molar-refractivity contribution in [3.05, 3.63) is 28.3 Å². The van der Waals surface area contributed by atoms with Crippen LogP contribution in [-0.2, 0) is 4.74 Å². The van der Waals surface area contributed by atoms with E-state index in [0.717, 1.165) is 6.54 Å². The second-order valence-corrected chi connectivity index (χ2v) is 3.83. The normalized spacial score (nSPS) is 19.9. The summed E-state index contributed by atoms with van der Waals surface area (Å²) < 4.78 is 10.6. The van der Waals surface area contributed by atoms with Gasteiger partial charge < -0.3 is 14.6 Å². The van der Waals surface area contributed by atoms with E-state index in [1.807, 2.05) is 0 Å². The fourth-order valence-corrected chi connectivity index (χ4v) is 1.66. The molecule has 1 saturated heterocycles. The Kier molecular flexibility index (Phi) is 2.87. The van der Waals surface area contributed by atoms with Gasteiger partial charge in [-0.1, -0.05) is 5.16 Å². The summed E-state index contributed by atoms with van der Waals surface area (Å²) in [6.45, 7) is 2.09. The van der Waals surface area contributed by atoms with Gasteiger partial charge in [0.25, 0.3) is 11.4 Å². The Morgan fingerprint density at radius 2 is 2.33 bits per heavy atom. The molecule has 0 amide bonds. The lowest BCUT2D eigenvalue weighted by Crippen LogP contribution is -2.33. The Morgan fingerprint density at radius 3 is 3.06 bits per heavy atom. The zero-order valence-electron chi connectivity index (χ0n) is 9.42. The van der Waals surface area contributed by atoms with Crippen LogP contribution in [0.3, 0.4) is 0 Å². The van der Waals surface area contributed by atoms with Crippen molar-refractivity contribution in [1.29, 1.82) is 0 Å². The molecular weight excluding hydrogens is 238 g/mol. The van der Waals surface area contributed by atoms with Gasteiger partial charge >= 0.3 is 0 Å². The number of ether oxygens (including phenoxy) is 1. The summed E-state index contributed by atoms with van der Waals surface area (Å²) in [5.74, 6) is 0.737. The smallest absolute Gasteiger partial charge is 0.278 e. The monoisotopic (exact) mass is 249 g/mol. The first-order chi connectivity index (χ1) is 8.83. The van der Waals surface area contributed by atoms with Crippen LogP contribution in [0, 0.1) is 0 Å². The first-order valence-electron chi connectivity index (χ1n) is 5.55. The summed E-state index contributed by atoms with van der Waals surface area (Å²) in [5, 5.41) is 13.2. The minimum atomic E-state index is -0.279. The number of nitrogens with zero attached hydrogens (tertiary/aromatic N) is 3. The number of hydrogen-bond donors (Lipinski definition) is 2. The van der Waals surface area contributed by atoms with Gasteiger partial charge in [0, 0.05) is 19.2 Å². The largest absolute Gasteiger partial charge is 0.367 e. The predicted molar refractivity (Wildman–Crippen MR) is 59.7 cm³/mol. The van der Waals surface area contributed by atoms with Crippen molar-refractivity contribution in [2.24, 2.45) is 0 Å². The van der Waals surface area contributed by atoms with Gasteiger partial charge in [0.05, 0.1) is 6.61 Å². The molecule has 18 heavy (non-hydrogen) atoms. The highest BCUT2D eigenvalue weighted by atomic mass is 16.5. The van der Waals surface area contributed by atoms with Crippen LogP contribution in [0.1, 0.15) is 11.9 Å². The molecular formula is C10H11N5O3. The molecule has 0 saturated carbocycles. The highest BCUT2D eigenvalue weighted by Crippen LogP contribution is 2.19. The fraction of sp³-hybridized carbons (Fsp3) is 0.400. The van der Waals surface area contributed by atoms with E-state index < -0.39 is 0 Å². The van der Waals surface area contributed by atoms with E-state index in [-0.39, 0.29) is 17.6 Å². The van der Waals surface area contributed by atoms with E-state index >= 15 is 0 Å². The van der Waals surface area contributed by atoms with Gasteiger partial charge in [0.1, 0.15) is 11.8 Å². The van der Waals surface area contributed by atoms with Crippen molar-refractivity contribution >= 4 is 0 Å². The van der Waals surface area contributed by atoms with Gasteiger partial charge in [-0.2, -0.15) is 10.1 Å². The molecule has 1 unspecified atom stereocenters. The molecule has 8 nitrogen and oxygen atoms in total. The average molecular weight is 249 g/mol. The number of morpholine rings is 1. The molecule has 1 fully saturated rings. The lowest BCUT2D eigenvalue weighted by Gasteiger charge is -2.20. The predicted octanol–water partition coefficient (Wildman–Crippen LogP) is -0.519. The average Bonchev–Trinajstić information content (AvgIpc) is 2.90. The van der Waals surface area contributed by atoms with E-state index in [2.05, 4.69) is 25.7 Å². The summed E-state index contributed by atoms with van der Waals surface area (Å²) in [7, 11) is 0. The third-order valence-corrected chi connectivity index (χ3v) is 2.56. The van der Waals surface area contributed by atoms with Crippen LogP contribution in [0.4, 0.5) is 0 Å². The standard InChI is InChI=1S/C10H11N5O3/c16-8-2-1-6(13-14-8)10-12-9(15-18-10)7-5-11-3-4-17-7/h1-2,7,11H,3-5H2,(H,14,16). The molecule has 94 valence electrons. The van der Waals surface area contributed by atoms with Gasteiger partial charge in [0.2, 0.25) is 5.82 Å². The van der Waals surface area contributed by atoms with Gasteiger partial charge in [0.15, 0.2) is 0 Å². The van der Waals surface area contributed by atoms with Gasteiger partial charge in [-0.25, -0.2) is 5.10 Å². The van der Waals surface area contributed by atoms with Crippen LogP contribution in [-0.4, -0.2) is 40.0 Å². The van der Waals surface area contributed by atoms with Crippen molar-refractivity contribution < 1.29 is 9.26 Å². The summed E-state index contributed by atoms with van der Waals surface area (Å²) in [4.78, 5) is 15.1. The van der Waals surface area contributed by atoms with Gasteiger partial charge in [-0.3, -0.25) is 4.79 Å². The van der Waals surface area contributed by atoms with Crippen LogP contribution in [0.5, 0.6) is 0 Å². The lowest BCUT2D eigenvalue weighted by molar-refractivity contribution is 0.0208. The fourth-order valence-electron chi connectivity index (χ4n) is 1.66. The number of nitrogens with one attached hydrogen (secondary N) is 2. The van der Waals surface area contributed by atoms with Gasteiger partial charge in [-0.15, -0.1) is 0 Å². The summed E-state index contributed by atoms with van der Waals surface area (Å²) in [5.41, 5.74) is 0.149. The molecule has 1 aliphatic rings. The van der Waals surface area contributed by atoms with Gasteiger partial charge in [-0.05, 0) is 6.07 Å². The zero-order valence-corrected chi connectivity index (χ0v) is 9.42. The van der Waals surface area contributed by atoms with Crippen molar-refractivity contribution in [2.75, 3.05) is 19.7 Å². The van der Waals surface area contributed by atoms with Crippen LogP contribution >= 0.6 is 0 Å². The minimum Gasteiger partial charge on any atom is -0.367 e. The Morgan fingerprint density at radius 1 is 1.39 bits per heavy atom. The van der Waals surface area contributed by atoms with Crippen LogP contribution in [0.25, 0.3) is 11.6 Å². The van der Waals surface area contributed by atoms with E-state index in [4.69, 9.17) is 9.26 Å². The lowest BCUT2D eigenvalue weighted by atomic mass is 10.3. The Balaban J connectivity index is 1.84. The molecule has 2 aromatic heterocycles. The Bertz CT molecular complexity index is 567. The maximum absolute atomic E-state index is 10.9. The van der Waals surface area contributed by atoms with Crippen LogP contribution in [0.2, 0.25) is 0 Å². The molecule has 3 heterocycles. The summed E-state index contributed by atoms with van der Waals surface area (Å²) >= 11 is 0. The van der Waals surface area contributed by atoms with Crippen LogP contribution < -0.4 is 10.9 Å². The van der Waals surface area contributed by atoms with E-state index in [1.54, 1.807) is 0 Å². The van der Waals surface area contributed by atoms with Crippen molar-refractivity contribution in [2.45, 2.75) is 6.10 Å². The second kappa shape index (κ2) is 4.67. The second-order valence-electron chi connectivity index (χ2n) is 3.83. The summed E-state index contributed by atoms with van der Waals surface area (Å²) in [6, 6.07) is 2.88. The highest BCUT2D eigenvalue weighted by molar-refractivity contribution is 5.44. The first kappa shape index (κ1) is 11.1. The molecule has 1 aliphatic heterocycles. The number of hydrogen-bond acceptors (Lipinski definition) is 7. The molecule has 2 aromatic rings. The number of H-pyrrole nitrogens is 1.